The maximum atomic E-state index is 5.62. The Labute approximate surface area is 168 Å². The number of benzene rings is 1. The lowest BCUT2D eigenvalue weighted by Crippen LogP contribution is -2.48. The monoisotopic (exact) mass is 392 g/mol. The van der Waals surface area contributed by atoms with Gasteiger partial charge in [0.1, 0.15) is 5.75 Å². The second kappa shape index (κ2) is 10.2. The van der Waals surface area contributed by atoms with Crippen LogP contribution in [0.4, 0.5) is 5.69 Å². The Balaban J connectivity index is 1.40. The molecule has 0 unspecified atom stereocenters. The predicted molar refractivity (Wildman–Crippen MR) is 114 cm³/mol. The maximum Gasteiger partial charge on any atom is 0.173 e. The molecule has 0 amide bonds. The van der Waals surface area contributed by atoms with Crippen molar-refractivity contribution in [1.82, 2.24) is 14.7 Å². The van der Waals surface area contributed by atoms with E-state index in [1.165, 1.54) is 0 Å². The molecule has 2 fully saturated rings. The molecule has 0 aliphatic carbocycles. The number of nitrogens with one attached hydrogen (secondary N) is 1. The number of likely N-dealkylation sites (tertiary alicyclic amines) is 1. The third-order valence-electron chi connectivity index (χ3n) is 5.57. The van der Waals surface area contributed by atoms with Gasteiger partial charge in [-0.05, 0) is 44.2 Å². The number of hydrogen-bond donors (Lipinski definition) is 1. The summed E-state index contributed by atoms with van der Waals surface area (Å²) in [6.45, 7) is 8.14. The zero-order chi connectivity index (χ0) is 19.1. The zero-order valence-electron chi connectivity index (χ0n) is 16.5. The van der Waals surface area contributed by atoms with Crippen LogP contribution in [-0.4, -0.2) is 92.5 Å². The Bertz CT molecular complexity index is 601. The summed E-state index contributed by atoms with van der Waals surface area (Å²) in [7, 11) is 3.94. The molecular weight excluding hydrogens is 360 g/mol. The van der Waals surface area contributed by atoms with E-state index in [9.17, 15) is 0 Å². The first-order valence-electron chi connectivity index (χ1n) is 9.86. The average molecular weight is 393 g/mol. The SMILES string of the molecule is COc1cccc(NC(=S)N2CCC(N(C)CCN3CCOCC3)CC2)c1. The summed E-state index contributed by atoms with van der Waals surface area (Å²) in [6, 6.07) is 8.53. The van der Waals surface area contributed by atoms with Crippen LogP contribution in [0.15, 0.2) is 24.3 Å². The molecule has 7 heteroatoms. The highest BCUT2D eigenvalue weighted by Gasteiger charge is 2.24. The number of hydrogen-bond acceptors (Lipinski definition) is 5. The number of ether oxygens (including phenoxy) is 2. The summed E-state index contributed by atoms with van der Waals surface area (Å²) in [6.07, 6.45) is 2.30. The summed E-state index contributed by atoms with van der Waals surface area (Å²) in [5.74, 6) is 0.836. The molecule has 1 aromatic rings. The fraction of sp³-hybridized carbons (Fsp3) is 0.650. The van der Waals surface area contributed by atoms with Gasteiger partial charge in [0.25, 0.3) is 0 Å². The van der Waals surface area contributed by atoms with Crippen molar-refractivity contribution in [3.05, 3.63) is 24.3 Å². The first-order valence-corrected chi connectivity index (χ1v) is 10.3. The summed E-state index contributed by atoms with van der Waals surface area (Å²) >= 11 is 5.62. The number of methoxy groups -OCH3 is 1. The molecule has 150 valence electrons. The van der Waals surface area contributed by atoms with Crippen LogP contribution in [-0.2, 0) is 4.74 Å². The summed E-state index contributed by atoms with van der Waals surface area (Å²) in [5.41, 5.74) is 0.976. The molecule has 6 nitrogen and oxygen atoms in total. The van der Waals surface area contributed by atoms with E-state index in [1.807, 2.05) is 24.3 Å². The van der Waals surface area contributed by atoms with Gasteiger partial charge in [-0.15, -0.1) is 0 Å². The quantitative estimate of drug-likeness (QED) is 0.744. The van der Waals surface area contributed by atoms with Gasteiger partial charge in [-0.25, -0.2) is 0 Å². The Kier molecular flexibility index (Phi) is 7.70. The largest absolute Gasteiger partial charge is 0.497 e. The van der Waals surface area contributed by atoms with E-state index < -0.39 is 0 Å². The smallest absolute Gasteiger partial charge is 0.173 e. The van der Waals surface area contributed by atoms with Gasteiger partial charge in [-0.1, -0.05) is 6.07 Å². The number of morpholine rings is 1. The Hall–Kier alpha value is -1.41. The van der Waals surface area contributed by atoms with Crippen LogP contribution in [0.25, 0.3) is 0 Å². The van der Waals surface area contributed by atoms with E-state index >= 15 is 0 Å². The molecule has 0 radical (unpaired) electrons. The van der Waals surface area contributed by atoms with E-state index in [-0.39, 0.29) is 0 Å². The maximum absolute atomic E-state index is 5.62. The van der Waals surface area contributed by atoms with E-state index in [4.69, 9.17) is 21.7 Å². The molecule has 0 aromatic heterocycles. The molecule has 1 aromatic carbocycles. The lowest BCUT2D eigenvalue weighted by atomic mass is 10.0. The van der Waals surface area contributed by atoms with Crippen molar-refractivity contribution >= 4 is 23.0 Å². The summed E-state index contributed by atoms with van der Waals surface area (Å²) in [5, 5.41) is 4.15. The first kappa shape index (κ1) is 20.3. The summed E-state index contributed by atoms with van der Waals surface area (Å²) in [4.78, 5) is 7.30. The molecule has 27 heavy (non-hydrogen) atoms. The number of rotatable bonds is 6. The second-order valence-corrected chi connectivity index (χ2v) is 7.70. The molecule has 0 atom stereocenters. The van der Waals surface area contributed by atoms with Crippen molar-refractivity contribution < 1.29 is 9.47 Å². The van der Waals surface area contributed by atoms with Crippen LogP contribution < -0.4 is 10.1 Å². The number of nitrogens with zero attached hydrogens (tertiary/aromatic N) is 3. The van der Waals surface area contributed by atoms with Crippen LogP contribution in [0, 0.1) is 0 Å². The van der Waals surface area contributed by atoms with Crippen molar-refractivity contribution in [1.29, 1.82) is 0 Å². The lowest BCUT2D eigenvalue weighted by Gasteiger charge is -2.38. The van der Waals surface area contributed by atoms with Gasteiger partial charge in [-0.3, -0.25) is 4.90 Å². The normalized spacial score (nSPS) is 19.3. The fourth-order valence-corrected chi connectivity index (χ4v) is 4.02. The molecule has 1 N–H and O–H groups in total. The minimum Gasteiger partial charge on any atom is -0.497 e. The Morgan fingerprint density at radius 2 is 2.00 bits per heavy atom. The van der Waals surface area contributed by atoms with Crippen molar-refractivity contribution in [3.63, 3.8) is 0 Å². The van der Waals surface area contributed by atoms with Crippen molar-refractivity contribution in [2.24, 2.45) is 0 Å². The van der Waals surface area contributed by atoms with Crippen LogP contribution in [0.1, 0.15) is 12.8 Å². The van der Waals surface area contributed by atoms with Crippen LogP contribution in [0.2, 0.25) is 0 Å². The molecule has 0 bridgehead atoms. The van der Waals surface area contributed by atoms with Gasteiger partial charge in [0.05, 0.1) is 20.3 Å². The molecule has 2 aliphatic rings. The van der Waals surface area contributed by atoms with Gasteiger partial charge >= 0.3 is 0 Å². The number of likely N-dealkylation sites (N-methyl/N-ethyl adjacent to an activating group) is 1. The van der Waals surface area contributed by atoms with Gasteiger partial charge in [0.2, 0.25) is 0 Å². The highest BCUT2D eigenvalue weighted by Crippen LogP contribution is 2.19. The highest BCUT2D eigenvalue weighted by molar-refractivity contribution is 7.80. The third kappa shape index (κ3) is 6.04. The van der Waals surface area contributed by atoms with Crippen molar-refractivity contribution in [2.45, 2.75) is 18.9 Å². The van der Waals surface area contributed by atoms with E-state index in [0.29, 0.717) is 6.04 Å². The minimum absolute atomic E-state index is 0.641. The molecular formula is C20H32N4O2S. The van der Waals surface area contributed by atoms with Gasteiger partial charge in [0.15, 0.2) is 5.11 Å². The van der Waals surface area contributed by atoms with Crippen molar-refractivity contribution in [3.8, 4) is 5.75 Å². The molecule has 3 rings (SSSR count). The number of piperidine rings is 1. The van der Waals surface area contributed by atoms with Crippen LogP contribution >= 0.6 is 12.2 Å². The topological polar surface area (TPSA) is 40.2 Å². The van der Waals surface area contributed by atoms with Crippen molar-refractivity contribution in [2.75, 3.05) is 72.0 Å². The van der Waals surface area contributed by atoms with Crippen LogP contribution in [0.3, 0.4) is 0 Å². The summed E-state index contributed by atoms with van der Waals surface area (Å²) < 4.78 is 10.7. The van der Waals surface area contributed by atoms with Gasteiger partial charge in [0, 0.05) is 57.1 Å². The Morgan fingerprint density at radius 3 is 2.70 bits per heavy atom. The second-order valence-electron chi connectivity index (χ2n) is 7.31. The van der Waals surface area contributed by atoms with Gasteiger partial charge in [-0.2, -0.15) is 0 Å². The number of thiocarbonyl (C=S) groups is 1. The minimum atomic E-state index is 0.641. The van der Waals surface area contributed by atoms with Crippen LogP contribution in [0.5, 0.6) is 5.75 Å². The Morgan fingerprint density at radius 1 is 1.26 bits per heavy atom. The van der Waals surface area contributed by atoms with E-state index in [0.717, 1.165) is 81.9 Å². The predicted octanol–water partition coefficient (Wildman–Crippen LogP) is 2.12. The first-order chi connectivity index (χ1) is 13.2. The van der Waals surface area contributed by atoms with Gasteiger partial charge < -0.3 is 24.6 Å². The zero-order valence-corrected chi connectivity index (χ0v) is 17.3. The number of anilines is 1. The molecule has 0 saturated carbocycles. The lowest BCUT2D eigenvalue weighted by molar-refractivity contribution is 0.0311. The van der Waals surface area contributed by atoms with E-state index in [1.54, 1.807) is 7.11 Å². The molecule has 2 saturated heterocycles. The standard InChI is InChI=1S/C20H32N4O2S/c1-22(10-11-23-12-14-26-15-13-23)18-6-8-24(9-7-18)20(27)21-17-4-3-5-19(16-17)25-2/h3-5,16,18H,6-15H2,1-2H3,(H,21,27). The highest BCUT2D eigenvalue weighted by atomic mass is 32.1. The molecule has 0 spiro atoms. The molecule has 2 aliphatic heterocycles. The average Bonchev–Trinajstić information content (AvgIpc) is 2.73. The fourth-order valence-electron chi connectivity index (χ4n) is 3.72. The molecule has 2 heterocycles. The third-order valence-corrected chi connectivity index (χ3v) is 5.93. The van der Waals surface area contributed by atoms with E-state index in [2.05, 4.69) is 27.1 Å².